The summed E-state index contributed by atoms with van der Waals surface area (Å²) in [4.78, 5) is 57.5. The van der Waals surface area contributed by atoms with Gasteiger partial charge < -0.3 is 25.4 Å². The summed E-state index contributed by atoms with van der Waals surface area (Å²) < 4.78 is 4.74. The quantitative estimate of drug-likeness (QED) is 0.294. The lowest BCUT2D eigenvalue weighted by Gasteiger charge is -2.21. The number of carbonyl (C=O) groups is 4. The molecule has 0 saturated heterocycles. The summed E-state index contributed by atoms with van der Waals surface area (Å²) in [6.07, 6.45) is 0. The number of hydrogen-bond acceptors (Lipinski definition) is 8. The molecule has 0 aliphatic rings. The molecule has 4 amide bonds. The van der Waals surface area contributed by atoms with E-state index in [2.05, 4.69) is 16.1 Å². The number of amides is 4. The average molecular weight is 521 g/mol. The van der Waals surface area contributed by atoms with Gasteiger partial charge in [0.2, 0.25) is 0 Å². The lowest BCUT2D eigenvalue weighted by molar-refractivity contribution is -0.142. The molecular formula is C24H32N4O7S. The number of benzene rings is 1. The van der Waals surface area contributed by atoms with Gasteiger partial charge in [-0.2, -0.15) is 0 Å². The molecule has 0 bridgehead atoms. The number of nitrogens with one attached hydrogen (secondary N) is 3. The molecule has 2 rings (SSSR count). The molecule has 11 nitrogen and oxygen atoms in total. The summed E-state index contributed by atoms with van der Waals surface area (Å²) in [5.74, 6) is -1.66. The van der Waals surface area contributed by atoms with Crippen molar-refractivity contribution in [2.75, 3.05) is 25.1 Å². The van der Waals surface area contributed by atoms with Crippen molar-refractivity contribution in [1.29, 1.82) is 0 Å². The van der Waals surface area contributed by atoms with Crippen molar-refractivity contribution in [3.8, 4) is 5.75 Å². The number of hydrogen-bond donors (Lipinski definition) is 4. The number of anilines is 1. The van der Waals surface area contributed by atoms with Crippen molar-refractivity contribution < 1.29 is 33.9 Å². The van der Waals surface area contributed by atoms with Gasteiger partial charge in [0.1, 0.15) is 11.8 Å². The number of rotatable bonds is 9. The summed E-state index contributed by atoms with van der Waals surface area (Å²) in [7, 11) is 1.16. The molecular weight excluding hydrogens is 488 g/mol. The maximum Gasteiger partial charge on any atom is 0.338 e. The predicted octanol–water partition coefficient (Wildman–Crippen LogP) is 2.73. The third-order valence-electron chi connectivity index (χ3n) is 4.75. The number of thiophene rings is 1. The van der Waals surface area contributed by atoms with Crippen LogP contribution < -0.4 is 21.0 Å². The van der Waals surface area contributed by atoms with Gasteiger partial charge in [0.05, 0.1) is 29.0 Å². The Hall–Kier alpha value is -3.64. The Labute approximate surface area is 213 Å². The fourth-order valence-corrected chi connectivity index (χ4v) is 4.06. The molecule has 1 unspecified atom stereocenters. The van der Waals surface area contributed by atoms with Crippen molar-refractivity contribution >= 4 is 40.8 Å². The molecule has 0 aliphatic carbocycles. The first-order valence-electron chi connectivity index (χ1n) is 11.2. The van der Waals surface area contributed by atoms with Gasteiger partial charge in [0.15, 0.2) is 0 Å². The van der Waals surface area contributed by atoms with E-state index >= 15 is 0 Å². The number of aryl methyl sites for hydroxylation is 1. The van der Waals surface area contributed by atoms with E-state index in [1.165, 1.54) is 17.0 Å². The lowest BCUT2D eigenvalue weighted by atomic mass is 10.2. The minimum Gasteiger partial charge on any atom is -0.508 e. The highest BCUT2D eigenvalue weighted by molar-refractivity contribution is 7.16. The van der Waals surface area contributed by atoms with Gasteiger partial charge in [-0.3, -0.25) is 14.4 Å². The molecule has 0 aliphatic heterocycles. The van der Waals surface area contributed by atoms with E-state index < -0.39 is 29.6 Å². The summed E-state index contributed by atoms with van der Waals surface area (Å²) in [5, 5.41) is 14.7. The van der Waals surface area contributed by atoms with Gasteiger partial charge in [0, 0.05) is 18.3 Å². The summed E-state index contributed by atoms with van der Waals surface area (Å²) in [6.45, 7) is 8.80. The normalized spacial score (nSPS) is 11.8. The smallest absolute Gasteiger partial charge is 0.338 e. The Kier molecular flexibility index (Phi) is 9.82. The number of aromatic hydroxyl groups is 1. The zero-order valence-electron chi connectivity index (χ0n) is 21.1. The minimum atomic E-state index is -1.18. The second-order valence-corrected chi connectivity index (χ2v) is 9.82. The van der Waals surface area contributed by atoms with Crippen LogP contribution in [-0.2, 0) is 14.4 Å². The molecule has 0 fully saturated rings. The number of nitrogens with zero attached hydrogens (tertiary/aromatic N) is 1. The van der Waals surface area contributed by atoms with E-state index in [9.17, 15) is 24.3 Å². The van der Waals surface area contributed by atoms with Crippen LogP contribution in [0.3, 0.4) is 0 Å². The lowest BCUT2D eigenvalue weighted by Crippen LogP contribution is -2.51. The van der Waals surface area contributed by atoms with Gasteiger partial charge in [-0.05, 0) is 58.4 Å². The van der Waals surface area contributed by atoms with E-state index in [-0.39, 0.29) is 23.1 Å². The van der Waals surface area contributed by atoms with Crippen molar-refractivity contribution in [1.82, 2.24) is 16.1 Å². The van der Waals surface area contributed by atoms with Crippen molar-refractivity contribution in [3.63, 3.8) is 0 Å². The van der Waals surface area contributed by atoms with Crippen LogP contribution in [0, 0.1) is 6.92 Å². The van der Waals surface area contributed by atoms with Gasteiger partial charge in [-0.25, -0.2) is 15.1 Å². The van der Waals surface area contributed by atoms with Gasteiger partial charge in [-0.15, -0.1) is 11.3 Å². The number of carbonyl (C=O) groups excluding carboxylic acids is 4. The molecule has 0 saturated carbocycles. The molecule has 1 aromatic carbocycles. The molecule has 1 aromatic heterocycles. The number of urea groups is 1. The number of hydroxylamine groups is 1. The Morgan fingerprint density at radius 1 is 1.17 bits per heavy atom. The Balaban J connectivity index is 2.13. The number of methoxy groups -OCH3 is 1. The molecule has 1 atom stereocenters. The second-order valence-electron chi connectivity index (χ2n) is 8.77. The second kappa shape index (κ2) is 12.4. The van der Waals surface area contributed by atoms with Gasteiger partial charge in [-0.1, -0.05) is 6.07 Å². The largest absolute Gasteiger partial charge is 0.508 e. The molecule has 36 heavy (non-hydrogen) atoms. The molecule has 4 N–H and O–H groups in total. The van der Waals surface area contributed by atoms with Crippen molar-refractivity contribution in [2.45, 2.75) is 46.3 Å². The number of esters is 1. The minimum absolute atomic E-state index is 0.0299. The highest BCUT2D eigenvalue weighted by atomic mass is 32.1. The van der Waals surface area contributed by atoms with Crippen LogP contribution in [0.5, 0.6) is 5.75 Å². The van der Waals surface area contributed by atoms with Crippen LogP contribution in [0.2, 0.25) is 0 Å². The molecule has 196 valence electrons. The summed E-state index contributed by atoms with van der Waals surface area (Å²) in [6, 6.07) is 6.04. The standard InChI is InChI=1S/C24H32N4O7S/c1-7-28(15-9-8-10-16(29)12-15)21(31)18-11-14(2)19(36-18)20(30)26-17(22(32)34-6)13-25-23(33)27-35-24(3,4)5/h8-12,17,29H,7,13H2,1-6H3,(H,26,30)(H2,25,27,33). The van der Waals surface area contributed by atoms with Crippen LogP contribution in [0.4, 0.5) is 10.5 Å². The molecule has 0 radical (unpaired) electrons. The number of phenols is 1. The third-order valence-corrected chi connectivity index (χ3v) is 5.97. The summed E-state index contributed by atoms with van der Waals surface area (Å²) >= 11 is 0.977. The van der Waals surface area contributed by atoms with Crippen molar-refractivity contribution in [2.24, 2.45) is 0 Å². The highest BCUT2D eigenvalue weighted by Crippen LogP contribution is 2.27. The zero-order valence-corrected chi connectivity index (χ0v) is 21.9. The molecule has 0 spiro atoms. The molecule has 2 aromatic rings. The van der Waals surface area contributed by atoms with Crippen LogP contribution in [0.1, 0.15) is 52.6 Å². The SMILES string of the molecule is CCN(C(=O)c1cc(C)c(C(=O)NC(CNC(=O)NOC(C)(C)C)C(=O)OC)s1)c1cccc(O)c1. The first-order chi connectivity index (χ1) is 16.9. The topological polar surface area (TPSA) is 146 Å². The Morgan fingerprint density at radius 2 is 1.86 bits per heavy atom. The average Bonchev–Trinajstić information content (AvgIpc) is 3.21. The number of phenolic OH excluding ortho intramolecular Hbond substituents is 1. The third kappa shape index (κ3) is 7.95. The monoisotopic (exact) mass is 520 g/mol. The van der Waals surface area contributed by atoms with E-state index in [4.69, 9.17) is 9.57 Å². The fraction of sp³-hybridized carbons (Fsp3) is 0.417. The zero-order chi connectivity index (χ0) is 27.0. The fourth-order valence-electron chi connectivity index (χ4n) is 3.04. The van der Waals surface area contributed by atoms with E-state index in [1.807, 2.05) is 0 Å². The van der Waals surface area contributed by atoms with Gasteiger partial charge in [0.25, 0.3) is 11.8 Å². The van der Waals surface area contributed by atoms with Crippen LogP contribution in [0.15, 0.2) is 30.3 Å². The molecule has 1 heterocycles. The Morgan fingerprint density at radius 3 is 2.44 bits per heavy atom. The van der Waals surface area contributed by atoms with Crippen molar-refractivity contribution in [3.05, 3.63) is 45.6 Å². The van der Waals surface area contributed by atoms with E-state index in [1.54, 1.807) is 52.8 Å². The van der Waals surface area contributed by atoms with Crippen LogP contribution in [0.25, 0.3) is 0 Å². The van der Waals surface area contributed by atoms with E-state index in [0.717, 1.165) is 18.4 Å². The Bertz CT molecular complexity index is 1110. The first kappa shape index (κ1) is 28.6. The maximum absolute atomic E-state index is 13.1. The first-order valence-corrected chi connectivity index (χ1v) is 12.0. The molecule has 12 heteroatoms. The van der Waals surface area contributed by atoms with Crippen LogP contribution >= 0.6 is 11.3 Å². The maximum atomic E-state index is 13.1. The van der Waals surface area contributed by atoms with Crippen LogP contribution in [-0.4, -0.2) is 60.8 Å². The highest BCUT2D eigenvalue weighted by Gasteiger charge is 2.27. The van der Waals surface area contributed by atoms with E-state index in [0.29, 0.717) is 22.7 Å². The predicted molar refractivity (Wildman–Crippen MR) is 135 cm³/mol. The number of ether oxygens (including phenoxy) is 1. The summed E-state index contributed by atoms with van der Waals surface area (Å²) in [5.41, 5.74) is 2.65. The van der Waals surface area contributed by atoms with Gasteiger partial charge >= 0.3 is 12.0 Å².